The van der Waals surface area contributed by atoms with Gasteiger partial charge in [-0.25, -0.2) is 0 Å². The molecular formula is C13H21N2OS+. The van der Waals surface area contributed by atoms with Gasteiger partial charge in [0, 0.05) is 23.2 Å². The number of rotatable bonds is 1. The number of nitrogens with zero attached hydrogens (tertiary/aromatic N) is 1. The highest BCUT2D eigenvalue weighted by Crippen LogP contribution is 2.22. The van der Waals surface area contributed by atoms with Crippen molar-refractivity contribution in [3.63, 3.8) is 0 Å². The fraction of sp³-hybridized carbons (Fsp3) is 0.615. The molecule has 1 atom stereocenters. The maximum absolute atomic E-state index is 12.4. The van der Waals surface area contributed by atoms with Gasteiger partial charge in [-0.2, -0.15) is 0 Å². The van der Waals surface area contributed by atoms with Crippen molar-refractivity contribution in [2.75, 3.05) is 33.2 Å². The van der Waals surface area contributed by atoms with Crippen LogP contribution in [0.15, 0.2) is 5.38 Å². The molecular weight excluding hydrogens is 232 g/mol. The molecule has 1 saturated heterocycles. The highest BCUT2D eigenvalue weighted by Gasteiger charge is 2.22. The van der Waals surface area contributed by atoms with Gasteiger partial charge in [-0.3, -0.25) is 4.79 Å². The van der Waals surface area contributed by atoms with E-state index in [0.29, 0.717) is 0 Å². The lowest BCUT2D eigenvalue weighted by atomic mass is 10.1. The summed E-state index contributed by atoms with van der Waals surface area (Å²) >= 11 is 1.68. The summed E-state index contributed by atoms with van der Waals surface area (Å²) in [6.45, 7) is 8.16. The molecule has 0 radical (unpaired) electrons. The molecule has 0 saturated carbocycles. The lowest BCUT2D eigenvalue weighted by Crippen LogP contribution is -3.09. The molecule has 0 aromatic carbocycles. The number of aryl methyl sites for hydroxylation is 1. The molecule has 0 spiro atoms. The minimum Gasteiger partial charge on any atom is -0.336 e. The first-order valence-electron chi connectivity index (χ1n) is 6.25. The Hall–Kier alpha value is -0.870. The number of amides is 1. The predicted octanol–water partition coefficient (Wildman–Crippen LogP) is 0.726. The molecule has 1 N–H and O–H groups in total. The van der Waals surface area contributed by atoms with E-state index in [9.17, 15) is 4.79 Å². The molecule has 1 fully saturated rings. The first-order valence-corrected chi connectivity index (χ1v) is 7.13. The molecule has 1 aliphatic rings. The van der Waals surface area contributed by atoms with Crippen LogP contribution in [0.4, 0.5) is 0 Å². The zero-order valence-electron chi connectivity index (χ0n) is 10.9. The zero-order chi connectivity index (χ0) is 12.4. The third kappa shape index (κ3) is 2.69. The second kappa shape index (κ2) is 5.19. The summed E-state index contributed by atoms with van der Waals surface area (Å²) in [6.07, 6.45) is 1.11. The second-order valence-electron chi connectivity index (χ2n) is 4.93. The van der Waals surface area contributed by atoms with Crippen LogP contribution in [0.3, 0.4) is 0 Å². The normalized spacial score (nSPS) is 21.4. The van der Waals surface area contributed by atoms with Crippen molar-refractivity contribution in [1.82, 2.24) is 4.90 Å². The van der Waals surface area contributed by atoms with Crippen molar-refractivity contribution in [3.8, 4) is 0 Å². The van der Waals surface area contributed by atoms with Crippen LogP contribution in [0.25, 0.3) is 0 Å². The van der Waals surface area contributed by atoms with Crippen LogP contribution in [0, 0.1) is 13.8 Å². The first-order chi connectivity index (χ1) is 8.09. The summed E-state index contributed by atoms with van der Waals surface area (Å²) in [6, 6.07) is 0. The van der Waals surface area contributed by atoms with Gasteiger partial charge in [-0.15, -0.1) is 11.3 Å². The van der Waals surface area contributed by atoms with E-state index < -0.39 is 0 Å². The van der Waals surface area contributed by atoms with E-state index in [2.05, 4.69) is 14.0 Å². The van der Waals surface area contributed by atoms with Gasteiger partial charge in [0.2, 0.25) is 0 Å². The highest BCUT2D eigenvalue weighted by atomic mass is 32.1. The SMILES string of the molecule is Cc1scc(C(=O)N2CCC[NH+](C)CC2)c1C. The molecule has 1 unspecified atom stereocenters. The van der Waals surface area contributed by atoms with E-state index in [-0.39, 0.29) is 5.91 Å². The van der Waals surface area contributed by atoms with E-state index in [0.717, 1.165) is 37.2 Å². The monoisotopic (exact) mass is 253 g/mol. The van der Waals surface area contributed by atoms with Gasteiger partial charge < -0.3 is 9.80 Å². The summed E-state index contributed by atoms with van der Waals surface area (Å²) < 4.78 is 0. The third-order valence-electron chi connectivity index (χ3n) is 3.64. The topological polar surface area (TPSA) is 24.8 Å². The van der Waals surface area contributed by atoms with Crippen molar-refractivity contribution in [2.45, 2.75) is 20.3 Å². The Kier molecular flexibility index (Phi) is 3.84. The van der Waals surface area contributed by atoms with Crippen molar-refractivity contribution in [3.05, 3.63) is 21.4 Å². The zero-order valence-corrected chi connectivity index (χ0v) is 11.7. The number of nitrogens with one attached hydrogen (secondary N) is 1. The molecule has 3 nitrogen and oxygen atoms in total. The maximum atomic E-state index is 12.4. The lowest BCUT2D eigenvalue weighted by Gasteiger charge is -2.19. The van der Waals surface area contributed by atoms with E-state index >= 15 is 0 Å². The number of hydrogen-bond acceptors (Lipinski definition) is 2. The number of hydrogen-bond donors (Lipinski definition) is 1. The maximum Gasteiger partial charge on any atom is 0.255 e. The quantitative estimate of drug-likeness (QED) is 0.784. The Labute approximate surface area is 107 Å². The average molecular weight is 253 g/mol. The highest BCUT2D eigenvalue weighted by molar-refractivity contribution is 7.10. The van der Waals surface area contributed by atoms with Gasteiger partial charge in [-0.1, -0.05) is 0 Å². The molecule has 1 aromatic rings. The van der Waals surface area contributed by atoms with Gasteiger partial charge in [0.05, 0.1) is 32.2 Å². The van der Waals surface area contributed by atoms with Crippen LogP contribution in [-0.4, -0.2) is 44.0 Å². The fourth-order valence-corrected chi connectivity index (χ4v) is 3.09. The molecule has 0 aliphatic carbocycles. The third-order valence-corrected chi connectivity index (χ3v) is 4.66. The summed E-state index contributed by atoms with van der Waals surface area (Å²) in [5.41, 5.74) is 2.07. The predicted molar refractivity (Wildman–Crippen MR) is 70.9 cm³/mol. The van der Waals surface area contributed by atoms with E-state index in [1.54, 1.807) is 11.3 Å². The Morgan fingerprint density at radius 3 is 2.76 bits per heavy atom. The van der Waals surface area contributed by atoms with Gasteiger partial charge in [0.25, 0.3) is 5.91 Å². The average Bonchev–Trinajstić information content (AvgIpc) is 2.53. The summed E-state index contributed by atoms with van der Waals surface area (Å²) in [4.78, 5) is 17.2. The van der Waals surface area contributed by atoms with Gasteiger partial charge in [0.15, 0.2) is 0 Å². The number of thiophene rings is 1. The van der Waals surface area contributed by atoms with Crippen molar-refractivity contribution < 1.29 is 9.69 Å². The Morgan fingerprint density at radius 2 is 2.12 bits per heavy atom. The van der Waals surface area contributed by atoms with Gasteiger partial charge in [0.1, 0.15) is 0 Å². The van der Waals surface area contributed by atoms with Gasteiger partial charge >= 0.3 is 0 Å². The lowest BCUT2D eigenvalue weighted by molar-refractivity contribution is -0.877. The minimum absolute atomic E-state index is 0.224. The van der Waals surface area contributed by atoms with Crippen LogP contribution < -0.4 is 4.90 Å². The first kappa shape index (κ1) is 12.6. The molecule has 2 rings (SSSR count). The standard InChI is InChI=1S/C13H20N2OS/c1-10-11(2)17-9-12(10)13(16)15-6-4-5-14(3)7-8-15/h9H,4-8H2,1-3H3/p+1. The smallest absolute Gasteiger partial charge is 0.255 e. The minimum atomic E-state index is 0.224. The Morgan fingerprint density at radius 1 is 1.35 bits per heavy atom. The number of likely N-dealkylation sites (N-methyl/N-ethyl adjacent to an activating group) is 1. The van der Waals surface area contributed by atoms with Crippen molar-refractivity contribution >= 4 is 17.2 Å². The summed E-state index contributed by atoms with van der Waals surface area (Å²) in [5, 5.41) is 2.01. The summed E-state index contributed by atoms with van der Waals surface area (Å²) in [5.74, 6) is 0.224. The van der Waals surface area contributed by atoms with Crippen LogP contribution in [0.1, 0.15) is 27.2 Å². The fourth-order valence-electron chi connectivity index (χ4n) is 2.23. The number of carbonyl (C=O) groups is 1. The van der Waals surface area contributed by atoms with Crippen LogP contribution in [0.5, 0.6) is 0 Å². The van der Waals surface area contributed by atoms with E-state index in [4.69, 9.17) is 0 Å². The molecule has 1 amide bonds. The van der Waals surface area contributed by atoms with Crippen LogP contribution in [-0.2, 0) is 0 Å². The molecule has 0 bridgehead atoms. The van der Waals surface area contributed by atoms with E-state index in [1.807, 2.05) is 17.2 Å². The second-order valence-corrected chi connectivity index (χ2v) is 6.02. The Balaban J connectivity index is 2.12. The van der Waals surface area contributed by atoms with Crippen LogP contribution in [0.2, 0.25) is 0 Å². The van der Waals surface area contributed by atoms with Crippen LogP contribution >= 0.6 is 11.3 Å². The number of quaternary nitrogens is 1. The Bertz CT molecular complexity index is 414. The number of carbonyl (C=O) groups excluding carboxylic acids is 1. The van der Waals surface area contributed by atoms with Crippen molar-refractivity contribution in [1.29, 1.82) is 0 Å². The van der Waals surface area contributed by atoms with E-state index in [1.165, 1.54) is 16.3 Å². The molecule has 17 heavy (non-hydrogen) atoms. The molecule has 94 valence electrons. The molecule has 1 aliphatic heterocycles. The van der Waals surface area contributed by atoms with Gasteiger partial charge in [-0.05, 0) is 19.4 Å². The molecule has 2 heterocycles. The summed E-state index contributed by atoms with van der Waals surface area (Å²) in [7, 11) is 2.20. The largest absolute Gasteiger partial charge is 0.336 e. The molecule has 1 aromatic heterocycles. The molecule has 4 heteroatoms. The van der Waals surface area contributed by atoms with Crippen molar-refractivity contribution in [2.24, 2.45) is 0 Å².